The van der Waals surface area contributed by atoms with Gasteiger partial charge in [-0.15, -0.1) is 11.3 Å². The first kappa shape index (κ1) is 13.9. The average molecular weight is 366 g/mol. The molecule has 0 spiro atoms. The van der Waals surface area contributed by atoms with Crippen molar-refractivity contribution in [3.8, 4) is 0 Å². The Morgan fingerprint density at radius 3 is 2.95 bits per heavy atom. The van der Waals surface area contributed by atoms with Crippen LogP contribution in [0.25, 0.3) is 10.2 Å². The van der Waals surface area contributed by atoms with Crippen LogP contribution in [0.2, 0.25) is 0 Å². The predicted molar refractivity (Wildman–Crippen MR) is 83.8 cm³/mol. The summed E-state index contributed by atoms with van der Waals surface area (Å²) in [5, 5.41) is 12.7. The van der Waals surface area contributed by atoms with Crippen molar-refractivity contribution in [1.82, 2.24) is 9.55 Å². The lowest BCUT2D eigenvalue weighted by atomic mass is 10.2. The number of nitro benzene ring substituents is 1. The van der Waals surface area contributed by atoms with Crippen LogP contribution < -0.4 is 5.56 Å². The molecule has 0 aliphatic heterocycles. The van der Waals surface area contributed by atoms with Crippen molar-refractivity contribution in [1.29, 1.82) is 0 Å². The van der Waals surface area contributed by atoms with Crippen LogP contribution in [0.3, 0.4) is 0 Å². The topological polar surface area (TPSA) is 78.0 Å². The molecule has 21 heavy (non-hydrogen) atoms. The summed E-state index contributed by atoms with van der Waals surface area (Å²) in [6.07, 6.45) is 1.46. The molecule has 3 rings (SSSR count). The van der Waals surface area contributed by atoms with Gasteiger partial charge in [-0.1, -0.05) is 6.07 Å². The largest absolute Gasteiger partial charge is 0.294 e. The molecular weight excluding hydrogens is 358 g/mol. The summed E-state index contributed by atoms with van der Waals surface area (Å²) < 4.78 is 2.45. The Balaban J connectivity index is 2.02. The van der Waals surface area contributed by atoms with Gasteiger partial charge in [0.2, 0.25) is 0 Å². The van der Waals surface area contributed by atoms with Crippen LogP contribution in [0.15, 0.2) is 45.2 Å². The summed E-state index contributed by atoms with van der Waals surface area (Å²) in [6, 6.07) is 6.59. The SMILES string of the molecule is O=c1c2sccc2ncn1Cc1ccc(Br)c([N+](=O)[O-])c1. The number of fused-ring (bicyclic) bond motifs is 1. The van der Waals surface area contributed by atoms with E-state index in [1.807, 2.05) is 5.38 Å². The quantitative estimate of drug-likeness (QED) is 0.527. The molecule has 2 heterocycles. The van der Waals surface area contributed by atoms with Gasteiger partial charge in [-0.25, -0.2) is 4.98 Å². The zero-order chi connectivity index (χ0) is 15.0. The number of thiophene rings is 1. The summed E-state index contributed by atoms with van der Waals surface area (Å²) in [4.78, 5) is 26.9. The number of rotatable bonds is 3. The van der Waals surface area contributed by atoms with Crippen LogP contribution in [0.5, 0.6) is 0 Å². The molecular formula is C13H8BrN3O3S. The van der Waals surface area contributed by atoms with Crippen LogP contribution in [0, 0.1) is 10.1 Å². The zero-order valence-electron chi connectivity index (χ0n) is 10.5. The van der Waals surface area contributed by atoms with Crippen molar-refractivity contribution in [3.63, 3.8) is 0 Å². The molecule has 3 aromatic rings. The molecule has 0 bridgehead atoms. The van der Waals surface area contributed by atoms with E-state index in [9.17, 15) is 14.9 Å². The van der Waals surface area contributed by atoms with Gasteiger partial charge >= 0.3 is 0 Å². The van der Waals surface area contributed by atoms with Crippen LogP contribution in [-0.4, -0.2) is 14.5 Å². The minimum absolute atomic E-state index is 0.0225. The minimum Gasteiger partial charge on any atom is -0.294 e. The number of benzene rings is 1. The Morgan fingerprint density at radius 2 is 2.19 bits per heavy atom. The van der Waals surface area contributed by atoms with Gasteiger partial charge in [0, 0.05) is 6.07 Å². The van der Waals surface area contributed by atoms with E-state index < -0.39 is 4.92 Å². The highest BCUT2D eigenvalue weighted by molar-refractivity contribution is 9.10. The third kappa shape index (κ3) is 2.59. The van der Waals surface area contributed by atoms with Crippen LogP contribution >= 0.6 is 27.3 Å². The first-order valence-electron chi connectivity index (χ1n) is 5.92. The summed E-state index contributed by atoms with van der Waals surface area (Å²) in [7, 11) is 0. The zero-order valence-corrected chi connectivity index (χ0v) is 12.9. The Kier molecular flexibility index (Phi) is 3.56. The highest BCUT2D eigenvalue weighted by atomic mass is 79.9. The summed E-state index contributed by atoms with van der Waals surface area (Å²) >= 11 is 4.47. The van der Waals surface area contributed by atoms with Gasteiger partial charge in [-0.05, 0) is 39.0 Å². The molecule has 8 heteroatoms. The lowest BCUT2D eigenvalue weighted by molar-refractivity contribution is -0.385. The minimum atomic E-state index is -0.461. The Labute approximate surface area is 131 Å². The van der Waals surface area contributed by atoms with Crippen molar-refractivity contribution in [2.24, 2.45) is 0 Å². The number of nitro groups is 1. The third-order valence-corrected chi connectivity index (χ3v) is 4.56. The summed E-state index contributed by atoms with van der Waals surface area (Å²) in [5.74, 6) is 0. The molecule has 0 saturated carbocycles. The fourth-order valence-electron chi connectivity index (χ4n) is 1.98. The molecule has 106 valence electrons. The second-order valence-electron chi connectivity index (χ2n) is 4.36. The fraction of sp³-hybridized carbons (Fsp3) is 0.0769. The first-order valence-corrected chi connectivity index (χ1v) is 7.59. The van der Waals surface area contributed by atoms with E-state index in [1.54, 1.807) is 18.2 Å². The van der Waals surface area contributed by atoms with E-state index in [-0.39, 0.29) is 17.8 Å². The lowest BCUT2D eigenvalue weighted by Crippen LogP contribution is -2.20. The molecule has 2 aromatic heterocycles. The van der Waals surface area contributed by atoms with Crippen LogP contribution in [0.4, 0.5) is 5.69 Å². The van der Waals surface area contributed by atoms with E-state index in [0.29, 0.717) is 20.3 Å². The van der Waals surface area contributed by atoms with Crippen molar-refractivity contribution in [2.45, 2.75) is 6.54 Å². The molecule has 6 nitrogen and oxygen atoms in total. The Hall–Kier alpha value is -2.06. The highest BCUT2D eigenvalue weighted by Gasteiger charge is 2.13. The van der Waals surface area contributed by atoms with E-state index in [0.717, 1.165) is 0 Å². The van der Waals surface area contributed by atoms with Crippen LogP contribution in [-0.2, 0) is 6.54 Å². The van der Waals surface area contributed by atoms with E-state index in [2.05, 4.69) is 20.9 Å². The standard InChI is InChI=1S/C13H8BrN3O3S/c14-9-2-1-8(5-11(9)17(19)20)6-16-7-15-10-3-4-21-12(10)13(16)18/h1-5,7H,6H2. The van der Waals surface area contributed by atoms with E-state index in [4.69, 9.17) is 0 Å². The maximum Gasteiger partial charge on any atom is 0.283 e. The third-order valence-electron chi connectivity index (χ3n) is 3.00. The smallest absolute Gasteiger partial charge is 0.283 e. The van der Waals surface area contributed by atoms with Crippen LogP contribution in [0.1, 0.15) is 5.56 Å². The molecule has 0 atom stereocenters. The van der Waals surface area contributed by atoms with Gasteiger partial charge in [0.05, 0.1) is 27.8 Å². The molecule has 0 radical (unpaired) electrons. The van der Waals surface area contributed by atoms with Gasteiger partial charge in [0.1, 0.15) is 4.70 Å². The fourth-order valence-corrected chi connectivity index (χ4v) is 3.17. The van der Waals surface area contributed by atoms with Crippen molar-refractivity contribution in [3.05, 3.63) is 66.5 Å². The van der Waals surface area contributed by atoms with Gasteiger partial charge in [-0.3, -0.25) is 19.5 Å². The van der Waals surface area contributed by atoms with Crippen molar-refractivity contribution in [2.75, 3.05) is 0 Å². The Bertz CT molecular complexity index is 903. The van der Waals surface area contributed by atoms with Crippen molar-refractivity contribution >= 4 is 43.2 Å². The molecule has 0 unspecified atom stereocenters. The predicted octanol–water partition coefficient (Wildman–Crippen LogP) is 3.18. The van der Waals surface area contributed by atoms with E-state index >= 15 is 0 Å². The number of aromatic nitrogens is 2. The monoisotopic (exact) mass is 365 g/mol. The van der Waals surface area contributed by atoms with Crippen molar-refractivity contribution < 1.29 is 4.92 Å². The lowest BCUT2D eigenvalue weighted by Gasteiger charge is -2.06. The van der Waals surface area contributed by atoms with Gasteiger partial charge in [0.15, 0.2) is 0 Å². The molecule has 0 fully saturated rings. The normalized spacial score (nSPS) is 10.9. The second-order valence-corrected chi connectivity index (χ2v) is 6.13. The van der Waals surface area contributed by atoms with Gasteiger partial charge in [-0.2, -0.15) is 0 Å². The second kappa shape index (κ2) is 5.38. The number of hydrogen-bond acceptors (Lipinski definition) is 5. The Morgan fingerprint density at radius 1 is 1.38 bits per heavy atom. The molecule has 0 N–H and O–H groups in total. The maximum absolute atomic E-state index is 12.3. The summed E-state index contributed by atoms with van der Waals surface area (Å²) in [5.41, 5.74) is 1.18. The molecule has 0 aliphatic carbocycles. The molecule has 0 aliphatic rings. The molecule has 0 saturated heterocycles. The van der Waals surface area contributed by atoms with E-state index in [1.165, 1.54) is 28.3 Å². The number of halogens is 1. The number of hydrogen-bond donors (Lipinski definition) is 0. The van der Waals surface area contributed by atoms with Gasteiger partial charge < -0.3 is 0 Å². The van der Waals surface area contributed by atoms with Gasteiger partial charge in [0.25, 0.3) is 11.2 Å². The molecule has 1 aromatic carbocycles. The molecule has 0 amide bonds. The highest BCUT2D eigenvalue weighted by Crippen LogP contribution is 2.25. The average Bonchev–Trinajstić information content (AvgIpc) is 2.93. The summed E-state index contributed by atoms with van der Waals surface area (Å²) in [6.45, 7) is 0.244. The number of nitrogens with zero attached hydrogens (tertiary/aromatic N) is 3. The maximum atomic E-state index is 12.3. The first-order chi connectivity index (χ1) is 10.1.